The summed E-state index contributed by atoms with van der Waals surface area (Å²) in [6.45, 7) is 3.91. The van der Waals surface area contributed by atoms with Crippen LogP contribution in [0.3, 0.4) is 0 Å². The van der Waals surface area contributed by atoms with Gasteiger partial charge in [-0.3, -0.25) is 0 Å². The first kappa shape index (κ1) is 13.6. The first-order chi connectivity index (χ1) is 10.2. The van der Waals surface area contributed by atoms with Gasteiger partial charge in [0, 0.05) is 6.04 Å². The Labute approximate surface area is 122 Å². The number of aromatic nitrogens is 2. The molecule has 2 heterocycles. The maximum Gasteiger partial charge on any atom is 0.238 e. The zero-order valence-corrected chi connectivity index (χ0v) is 12.0. The van der Waals surface area contributed by atoms with E-state index in [4.69, 9.17) is 14.7 Å². The van der Waals surface area contributed by atoms with E-state index in [-0.39, 0.29) is 12.0 Å². The zero-order chi connectivity index (χ0) is 14.8. The van der Waals surface area contributed by atoms with Gasteiger partial charge in [0.15, 0.2) is 5.76 Å². The van der Waals surface area contributed by atoms with Crippen LogP contribution in [0.25, 0.3) is 11.6 Å². The van der Waals surface area contributed by atoms with Crippen LogP contribution in [-0.4, -0.2) is 10.1 Å². The van der Waals surface area contributed by atoms with Crippen LogP contribution in [0.5, 0.6) is 0 Å². The molecular weight excluding hydrogens is 266 g/mol. The van der Waals surface area contributed by atoms with Gasteiger partial charge in [-0.25, -0.2) is 0 Å². The molecule has 5 heteroatoms. The Bertz CT molecular complexity index is 718. The van der Waals surface area contributed by atoms with E-state index in [0.29, 0.717) is 17.5 Å². The number of rotatable bonds is 4. The minimum Gasteiger partial charge on any atom is -0.461 e. The van der Waals surface area contributed by atoms with Crippen molar-refractivity contribution in [3.63, 3.8) is 0 Å². The van der Waals surface area contributed by atoms with Crippen molar-refractivity contribution >= 4 is 0 Å². The van der Waals surface area contributed by atoms with Crippen molar-refractivity contribution < 1.29 is 8.94 Å². The molecule has 0 radical (unpaired) electrons. The molecule has 3 aromatic rings. The van der Waals surface area contributed by atoms with E-state index >= 15 is 0 Å². The number of hydrogen-bond donors (Lipinski definition) is 1. The van der Waals surface area contributed by atoms with Crippen molar-refractivity contribution in [3.05, 3.63) is 59.7 Å². The molecule has 2 atom stereocenters. The molecular formula is C16H17N3O2. The fourth-order valence-electron chi connectivity index (χ4n) is 2.23. The third-order valence-electron chi connectivity index (χ3n) is 3.62. The minimum atomic E-state index is -0.197. The molecule has 0 aliphatic carbocycles. The summed E-state index contributed by atoms with van der Waals surface area (Å²) in [7, 11) is 0. The lowest BCUT2D eigenvalue weighted by Gasteiger charge is -2.16. The Balaban J connectivity index is 1.85. The van der Waals surface area contributed by atoms with E-state index in [1.807, 2.05) is 50.2 Å². The third-order valence-corrected chi connectivity index (χ3v) is 3.62. The molecule has 0 amide bonds. The summed E-state index contributed by atoms with van der Waals surface area (Å²) in [6, 6.07) is 11.6. The van der Waals surface area contributed by atoms with E-state index in [0.717, 1.165) is 11.1 Å². The number of aryl methyl sites for hydroxylation is 1. The molecule has 0 aliphatic rings. The monoisotopic (exact) mass is 283 g/mol. The van der Waals surface area contributed by atoms with Crippen molar-refractivity contribution in [2.24, 2.45) is 5.73 Å². The lowest BCUT2D eigenvalue weighted by atomic mass is 9.95. The number of benzene rings is 1. The van der Waals surface area contributed by atoms with Gasteiger partial charge in [0.1, 0.15) is 0 Å². The lowest BCUT2D eigenvalue weighted by molar-refractivity contribution is 0.343. The predicted octanol–water partition coefficient (Wildman–Crippen LogP) is 3.44. The Hall–Kier alpha value is -2.40. The second kappa shape index (κ2) is 5.54. The van der Waals surface area contributed by atoms with Crippen molar-refractivity contribution in [1.29, 1.82) is 0 Å². The fourth-order valence-corrected chi connectivity index (χ4v) is 2.23. The van der Waals surface area contributed by atoms with Crippen LogP contribution in [0, 0.1) is 6.92 Å². The largest absolute Gasteiger partial charge is 0.461 e. The Kier molecular flexibility index (Phi) is 3.58. The third kappa shape index (κ3) is 2.60. The molecule has 0 saturated heterocycles. The van der Waals surface area contributed by atoms with Gasteiger partial charge < -0.3 is 14.7 Å². The van der Waals surface area contributed by atoms with E-state index in [1.54, 1.807) is 6.26 Å². The van der Waals surface area contributed by atoms with Crippen LogP contribution >= 0.6 is 0 Å². The topological polar surface area (TPSA) is 78.1 Å². The van der Waals surface area contributed by atoms with Gasteiger partial charge in [0.2, 0.25) is 11.7 Å². The minimum absolute atomic E-state index is 0.0797. The average molecular weight is 283 g/mol. The maximum atomic E-state index is 6.28. The smallest absolute Gasteiger partial charge is 0.238 e. The van der Waals surface area contributed by atoms with Crippen molar-refractivity contribution in [2.75, 3.05) is 0 Å². The predicted molar refractivity (Wildman–Crippen MR) is 78.5 cm³/mol. The molecule has 1 aromatic carbocycles. The number of furan rings is 1. The standard InChI is InChI=1S/C16H17N3O2/c1-10-8-9-20-14(10)15-18-16(21-19-15)11(2)13(17)12-6-4-3-5-7-12/h3-9,11,13H,17H2,1-2H3. The van der Waals surface area contributed by atoms with Gasteiger partial charge in [-0.2, -0.15) is 4.98 Å². The average Bonchev–Trinajstić information content (AvgIpc) is 3.15. The summed E-state index contributed by atoms with van der Waals surface area (Å²) in [5.74, 6) is 1.52. The highest BCUT2D eigenvalue weighted by molar-refractivity contribution is 5.51. The van der Waals surface area contributed by atoms with Crippen LogP contribution in [0.15, 0.2) is 51.6 Å². The van der Waals surface area contributed by atoms with E-state index in [9.17, 15) is 0 Å². The molecule has 2 unspecified atom stereocenters. The van der Waals surface area contributed by atoms with Gasteiger partial charge in [-0.1, -0.05) is 42.4 Å². The first-order valence-corrected chi connectivity index (χ1v) is 6.85. The Morgan fingerprint density at radius 2 is 1.90 bits per heavy atom. The number of hydrogen-bond acceptors (Lipinski definition) is 5. The number of nitrogens with two attached hydrogens (primary N) is 1. The summed E-state index contributed by atoms with van der Waals surface area (Å²) in [6.07, 6.45) is 1.61. The summed E-state index contributed by atoms with van der Waals surface area (Å²) >= 11 is 0. The Morgan fingerprint density at radius 3 is 2.57 bits per heavy atom. The summed E-state index contributed by atoms with van der Waals surface area (Å²) in [4.78, 5) is 4.41. The highest BCUT2D eigenvalue weighted by atomic mass is 16.5. The van der Waals surface area contributed by atoms with E-state index in [2.05, 4.69) is 10.1 Å². The van der Waals surface area contributed by atoms with E-state index in [1.165, 1.54) is 0 Å². The molecule has 5 nitrogen and oxygen atoms in total. The number of nitrogens with zero attached hydrogens (tertiary/aromatic N) is 2. The fraction of sp³-hybridized carbons (Fsp3) is 0.250. The zero-order valence-electron chi connectivity index (χ0n) is 12.0. The molecule has 0 saturated carbocycles. The second-order valence-corrected chi connectivity index (χ2v) is 5.11. The van der Waals surface area contributed by atoms with Crippen molar-refractivity contribution in [3.8, 4) is 11.6 Å². The maximum absolute atomic E-state index is 6.28. The molecule has 2 aromatic heterocycles. The van der Waals surface area contributed by atoms with Gasteiger partial charge >= 0.3 is 0 Å². The first-order valence-electron chi connectivity index (χ1n) is 6.85. The van der Waals surface area contributed by atoms with Gasteiger partial charge in [-0.15, -0.1) is 0 Å². The molecule has 0 spiro atoms. The van der Waals surface area contributed by atoms with Crippen LogP contribution in [0.1, 0.15) is 35.9 Å². The summed E-state index contributed by atoms with van der Waals surface area (Å²) < 4.78 is 10.7. The highest BCUT2D eigenvalue weighted by Gasteiger charge is 2.23. The molecule has 3 rings (SSSR count). The molecule has 2 N–H and O–H groups in total. The van der Waals surface area contributed by atoms with Gasteiger partial charge in [0.05, 0.1) is 12.2 Å². The van der Waals surface area contributed by atoms with Gasteiger partial charge in [-0.05, 0) is 24.1 Å². The quantitative estimate of drug-likeness (QED) is 0.793. The van der Waals surface area contributed by atoms with Crippen LogP contribution in [0.4, 0.5) is 0 Å². The lowest BCUT2D eigenvalue weighted by Crippen LogP contribution is -2.17. The summed E-state index contributed by atoms with van der Waals surface area (Å²) in [5.41, 5.74) is 8.29. The second-order valence-electron chi connectivity index (χ2n) is 5.11. The van der Waals surface area contributed by atoms with Crippen LogP contribution in [0.2, 0.25) is 0 Å². The van der Waals surface area contributed by atoms with Crippen LogP contribution in [-0.2, 0) is 0 Å². The molecule has 21 heavy (non-hydrogen) atoms. The summed E-state index contributed by atoms with van der Waals surface area (Å²) in [5, 5.41) is 3.98. The van der Waals surface area contributed by atoms with E-state index < -0.39 is 0 Å². The molecule has 108 valence electrons. The van der Waals surface area contributed by atoms with Crippen molar-refractivity contribution in [1.82, 2.24) is 10.1 Å². The molecule has 0 aliphatic heterocycles. The molecule has 0 fully saturated rings. The molecule has 0 bridgehead atoms. The van der Waals surface area contributed by atoms with Crippen LogP contribution < -0.4 is 5.73 Å². The highest BCUT2D eigenvalue weighted by Crippen LogP contribution is 2.29. The Morgan fingerprint density at radius 1 is 1.14 bits per heavy atom. The van der Waals surface area contributed by atoms with Gasteiger partial charge in [0.25, 0.3) is 0 Å². The normalized spacial score (nSPS) is 14.0. The SMILES string of the molecule is Cc1ccoc1-c1noc(C(C)C(N)c2ccccc2)n1. The van der Waals surface area contributed by atoms with Crippen molar-refractivity contribution in [2.45, 2.75) is 25.8 Å².